The van der Waals surface area contributed by atoms with Gasteiger partial charge in [-0.05, 0) is 54.1 Å². The molecule has 0 saturated heterocycles. The molecule has 1 aromatic heterocycles. The number of hydrogen-bond acceptors (Lipinski definition) is 3. The SMILES string of the molecule is O=C(Nc1ccc(C(=O)Nc2ccc(=O)n(Cc3ccccc3Cl)c2)cc1)c1ccccc1. The molecular formula is C26H20ClN3O3. The van der Waals surface area contributed by atoms with Gasteiger partial charge in [-0.15, -0.1) is 0 Å². The molecule has 7 heteroatoms. The predicted octanol–water partition coefficient (Wildman–Crippen LogP) is 5.05. The van der Waals surface area contributed by atoms with E-state index in [1.54, 1.807) is 66.9 Å². The number of halogens is 1. The Morgan fingerprint density at radius 2 is 1.27 bits per heavy atom. The second-order valence-electron chi connectivity index (χ2n) is 7.33. The van der Waals surface area contributed by atoms with Gasteiger partial charge in [-0.3, -0.25) is 14.4 Å². The molecule has 2 amide bonds. The Morgan fingerprint density at radius 1 is 0.697 bits per heavy atom. The molecule has 3 aromatic carbocycles. The van der Waals surface area contributed by atoms with Crippen molar-refractivity contribution in [3.63, 3.8) is 0 Å². The van der Waals surface area contributed by atoms with Crippen LogP contribution in [0.2, 0.25) is 5.02 Å². The number of nitrogens with zero attached hydrogens (tertiary/aromatic N) is 1. The quantitative estimate of drug-likeness (QED) is 0.425. The largest absolute Gasteiger partial charge is 0.322 e. The van der Waals surface area contributed by atoms with Crippen molar-refractivity contribution >= 4 is 34.8 Å². The van der Waals surface area contributed by atoms with Crippen LogP contribution >= 0.6 is 11.6 Å². The van der Waals surface area contributed by atoms with Crippen LogP contribution < -0.4 is 16.2 Å². The van der Waals surface area contributed by atoms with E-state index >= 15 is 0 Å². The summed E-state index contributed by atoms with van der Waals surface area (Å²) in [5.74, 6) is -0.563. The van der Waals surface area contributed by atoms with E-state index in [-0.39, 0.29) is 23.9 Å². The van der Waals surface area contributed by atoms with E-state index < -0.39 is 0 Å². The first-order valence-corrected chi connectivity index (χ1v) is 10.6. The smallest absolute Gasteiger partial charge is 0.255 e. The third-order valence-corrected chi connectivity index (χ3v) is 5.35. The van der Waals surface area contributed by atoms with Crippen LogP contribution in [-0.2, 0) is 6.54 Å². The summed E-state index contributed by atoms with van der Waals surface area (Å²) in [5.41, 5.74) is 2.62. The van der Waals surface area contributed by atoms with Gasteiger partial charge in [0.2, 0.25) is 0 Å². The predicted molar refractivity (Wildman–Crippen MR) is 130 cm³/mol. The van der Waals surface area contributed by atoms with Crippen LogP contribution in [0.5, 0.6) is 0 Å². The van der Waals surface area contributed by atoms with Crippen LogP contribution in [-0.4, -0.2) is 16.4 Å². The molecule has 0 atom stereocenters. The third kappa shape index (κ3) is 5.56. The van der Waals surface area contributed by atoms with Gasteiger partial charge in [0.05, 0.1) is 12.2 Å². The van der Waals surface area contributed by atoms with Crippen molar-refractivity contribution in [1.29, 1.82) is 0 Å². The second-order valence-corrected chi connectivity index (χ2v) is 7.73. The zero-order chi connectivity index (χ0) is 23.2. The lowest BCUT2D eigenvalue weighted by Crippen LogP contribution is -2.21. The first-order valence-electron chi connectivity index (χ1n) is 10.2. The van der Waals surface area contributed by atoms with Crippen molar-refractivity contribution in [2.24, 2.45) is 0 Å². The lowest BCUT2D eigenvalue weighted by molar-refractivity contribution is 0.102. The average Bonchev–Trinajstić information content (AvgIpc) is 2.83. The number of carbonyl (C=O) groups is 2. The third-order valence-electron chi connectivity index (χ3n) is 4.98. The van der Waals surface area contributed by atoms with Gasteiger partial charge in [-0.2, -0.15) is 0 Å². The Balaban J connectivity index is 1.43. The number of aromatic nitrogens is 1. The summed E-state index contributed by atoms with van der Waals surface area (Å²) in [4.78, 5) is 37.2. The fourth-order valence-electron chi connectivity index (χ4n) is 3.24. The van der Waals surface area contributed by atoms with Gasteiger partial charge in [0.15, 0.2) is 0 Å². The minimum atomic E-state index is -0.334. The van der Waals surface area contributed by atoms with Crippen LogP contribution in [0.25, 0.3) is 0 Å². The first kappa shape index (κ1) is 22.0. The highest BCUT2D eigenvalue weighted by atomic mass is 35.5. The number of anilines is 2. The maximum Gasteiger partial charge on any atom is 0.255 e. The van der Waals surface area contributed by atoms with Crippen LogP contribution in [0.3, 0.4) is 0 Å². The molecular weight excluding hydrogens is 438 g/mol. The van der Waals surface area contributed by atoms with Gasteiger partial charge >= 0.3 is 0 Å². The van der Waals surface area contributed by atoms with Gasteiger partial charge < -0.3 is 15.2 Å². The van der Waals surface area contributed by atoms with E-state index in [0.29, 0.717) is 27.5 Å². The molecule has 0 unspecified atom stereocenters. The summed E-state index contributed by atoms with van der Waals surface area (Å²) in [5, 5.41) is 6.16. The summed E-state index contributed by atoms with van der Waals surface area (Å²) in [6.45, 7) is 0.290. The highest BCUT2D eigenvalue weighted by Crippen LogP contribution is 2.17. The standard InChI is InChI=1S/C26H20ClN3O3/c27-23-9-5-4-8-20(23)16-30-17-22(14-15-24(30)31)29-26(33)19-10-12-21(13-11-19)28-25(32)18-6-2-1-3-7-18/h1-15,17H,16H2,(H,28,32)(H,29,33). The van der Waals surface area contributed by atoms with Crippen LogP contribution in [0.15, 0.2) is 102 Å². The molecule has 4 aromatic rings. The summed E-state index contributed by atoms with van der Waals surface area (Å²) in [6.07, 6.45) is 1.58. The number of amides is 2. The van der Waals surface area contributed by atoms with Gasteiger partial charge in [0, 0.05) is 34.1 Å². The number of nitrogens with one attached hydrogen (secondary N) is 2. The Bertz CT molecular complexity index is 1350. The van der Waals surface area contributed by atoms with Gasteiger partial charge in [-0.1, -0.05) is 48.0 Å². The average molecular weight is 458 g/mol. The Hall–Kier alpha value is -4.16. The lowest BCUT2D eigenvalue weighted by Gasteiger charge is -2.11. The maximum absolute atomic E-state index is 12.7. The monoisotopic (exact) mass is 457 g/mol. The van der Waals surface area contributed by atoms with E-state index in [2.05, 4.69) is 10.6 Å². The van der Waals surface area contributed by atoms with E-state index in [1.165, 1.54) is 10.6 Å². The highest BCUT2D eigenvalue weighted by molar-refractivity contribution is 6.31. The fourth-order valence-corrected chi connectivity index (χ4v) is 3.44. The Labute approximate surface area is 195 Å². The number of hydrogen-bond donors (Lipinski definition) is 2. The van der Waals surface area contributed by atoms with Crippen molar-refractivity contribution in [2.75, 3.05) is 10.6 Å². The molecule has 2 N–H and O–H groups in total. The van der Waals surface area contributed by atoms with Crippen molar-refractivity contribution in [2.45, 2.75) is 6.54 Å². The van der Waals surface area contributed by atoms with Crippen molar-refractivity contribution in [1.82, 2.24) is 4.57 Å². The van der Waals surface area contributed by atoms with Crippen LogP contribution in [0, 0.1) is 0 Å². The van der Waals surface area contributed by atoms with E-state index in [1.807, 2.05) is 24.3 Å². The normalized spacial score (nSPS) is 10.5. The Kier molecular flexibility index (Phi) is 6.66. The molecule has 33 heavy (non-hydrogen) atoms. The van der Waals surface area contributed by atoms with E-state index in [4.69, 9.17) is 11.6 Å². The summed E-state index contributed by atoms with van der Waals surface area (Å²) < 4.78 is 1.49. The summed E-state index contributed by atoms with van der Waals surface area (Å²) in [7, 11) is 0. The van der Waals surface area contributed by atoms with Gasteiger partial charge in [-0.25, -0.2) is 0 Å². The molecule has 0 aliphatic heterocycles. The molecule has 1 heterocycles. The van der Waals surface area contributed by atoms with Crippen LogP contribution in [0.1, 0.15) is 26.3 Å². The second kappa shape index (κ2) is 9.97. The molecule has 0 aliphatic carbocycles. The zero-order valence-corrected chi connectivity index (χ0v) is 18.3. The first-order chi connectivity index (χ1) is 16.0. The zero-order valence-electron chi connectivity index (χ0n) is 17.5. The molecule has 164 valence electrons. The molecule has 0 fully saturated rings. The van der Waals surface area contributed by atoms with Crippen molar-refractivity contribution in [3.8, 4) is 0 Å². The molecule has 6 nitrogen and oxygen atoms in total. The van der Waals surface area contributed by atoms with Crippen LogP contribution in [0.4, 0.5) is 11.4 Å². The molecule has 4 rings (SSSR count). The number of carbonyl (C=O) groups excluding carboxylic acids is 2. The maximum atomic E-state index is 12.7. The summed E-state index contributed by atoms with van der Waals surface area (Å²) >= 11 is 6.20. The fraction of sp³-hybridized carbons (Fsp3) is 0.0385. The molecule has 0 bridgehead atoms. The van der Waals surface area contributed by atoms with Gasteiger partial charge in [0.1, 0.15) is 0 Å². The number of pyridine rings is 1. The molecule has 0 spiro atoms. The minimum absolute atomic E-state index is 0.202. The summed E-state index contributed by atoms with van der Waals surface area (Å²) in [6, 6.07) is 25.7. The number of benzene rings is 3. The van der Waals surface area contributed by atoms with Gasteiger partial charge in [0.25, 0.3) is 17.4 Å². The Morgan fingerprint density at radius 3 is 1.97 bits per heavy atom. The molecule has 0 aliphatic rings. The van der Waals surface area contributed by atoms with E-state index in [0.717, 1.165) is 5.56 Å². The highest BCUT2D eigenvalue weighted by Gasteiger charge is 2.10. The van der Waals surface area contributed by atoms with Crippen molar-refractivity contribution in [3.05, 3.63) is 129 Å². The molecule has 0 radical (unpaired) electrons. The topological polar surface area (TPSA) is 80.2 Å². The van der Waals surface area contributed by atoms with E-state index in [9.17, 15) is 14.4 Å². The number of rotatable bonds is 6. The molecule has 0 saturated carbocycles. The van der Waals surface area contributed by atoms with Crippen molar-refractivity contribution < 1.29 is 9.59 Å². The minimum Gasteiger partial charge on any atom is -0.322 e. The lowest BCUT2D eigenvalue weighted by atomic mass is 10.1.